The first-order valence-corrected chi connectivity index (χ1v) is 11.8. The average molecular weight is 449 g/mol. The van der Waals surface area contributed by atoms with Gasteiger partial charge in [-0.3, -0.25) is 4.90 Å². The van der Waals surface area contributed by atoms with E-state index in [0.717, 1.165) is 43.6 Å². The van der Waals surface area contributed by atoms with Crippen LogP contribution in [0.3, 0.4) is 0 Å². The van der Waals surface area contributed by atoms with Crippen LogP contribution in [0.5, 0.6) is 5.75 Å². The number of fused-ring (bicyclic) bond motifs is 4. The Hall–Kier alpha value is -2.83. The lowest BCUT2D eigenvalue weighted by Gasteiger charge is -2.58. The Labute approximate surface area is 194 Å². The number of methoxy groups -OCH3 is 1. The van der Waals surface area contributed by atoms with Crippen LogP contribution in [0.25, 0.3) is 10.9 Å². The van der Waals surface area contributed by atoms with E-state index in [0.29, 0.717) is 18.1 Å². The number of aromatic carboxylic acids is 1. The summed E-state index contributed by atoms with van der Waals surface area (Å²) in [6, 6.07) is 11.7. The van der Waals surface area contributed by atoms with Crippen molar-refractivity contribution in [2.75, 3.05) is 20.3 Å². The van der Waals surface area contributed by atoms with E-state index in [-0.39, 0.29) is 11.6 Å². The quantitative estimate of drug-likeness (QED) is 0.526. The number of carbonyl (C=O) groups is 1. The molecule has 174 valence electrons. The summed E-state index contributed by atoms with van der Waals surface area (Å²) in [5.41, 5.74) is 4.82. The predicted molar refractivity (Wildman–Crippen MR) is 128 cm³/mol. The molecule has 6 rings (SSSR count). The van der Waals surface area contributed by atoms with Gasteiger partial charge in [0.25, 0.3) is 0 Å². The monoisotopic (exact) mass is 448 g/mol. The first-order chi connectivity index (χ1) is 16.0. The van der Waals surface area contributed by atoms with Crippen molar-refractivity contribution in [1.82, 2.24) is 9.88 Å². The van der Waals surface area contributed by atoms with Crippen LogP contribution in [-0.2, 0) is 16.8 Å². The third-order valence-corrected chi connectivity index (χ3v) is 7.78. The molecule has 2 bridgehead atoms. The van der Waals surface area contributed by atoms with Crippen LogP contribution in [0.4, 0.5) is 0 Å². The Morgan fingerprint density at radius 3 is 2.76 bits per heavy atom. The van der Waals surface area contributed by atoms with Crippen molar-refractivity contribution in [1.29, 1.82) is 0 Å². The Morgan fingerprint density at radius 1 is 1.27 bits per heavy atom. The number of rotatable bonds is 7. The number of nitrogens with zero attached hydrogens (tertiary/aromatic N) is 1. The molecule has 3 aliphatic rings. The number of ether oxygens (including phenoxy) is 2. The summed E-state index contributed by atoms with van der Waals surface area (Å²) in [7, 11) is 1.74. The van der Waals surface area contributed by atoms with Crippen LogP contribution in [0.1, 0.15) is 53.2 Å². The maximum absolute atomic E-state index is 11.4. The van der Waals surface area contributed by atoms with Crippen molar-refractivity contribution in [3.63, 3.8) is 0 Å². The minimum absolute atomic E-state index is 0.190. The SMILES string of the molecule is CCO[C@@H]1C[C@@]2(c3ccc(C(=O)O)cc3)CCC1CN2Cc1c(OC)cc(C)c2[nH]ccc12. The molecule has 2 N–H and O–H groups in total. The summed E-state index contributed by atoms with van der Waals surface area (Å²) in [5.74, 6) is 0.525. The summed E-state index contributed by atoms with van der Waals surface area (Å²) >= 11 is 0. The van der Waals surface area contributed by atoms with Crippen molar-refractivity contribution in [2.45, 2.75) is 51.3 Å². The summed E-state index contributed by atoms with van der Waals surface area (Å²) in [6.07, 6.45) is 5.30. The first kappa shape index (κ1) is 22.0. The van der Waals surface area contributed by atoms with Crippen LogP contribution in [0, 0.1) is 12.8 Å². The Balaban J connectivity index is 1.58. The second-order valence-corrected chi connectivity index (χ2v) is 9.43. The van der Waals surface area contributed by atoms with Crippen molar-refractivity contribution in [2.24, 2.45) is 5.92 Å². The van der Waals surface area contributed by atoms with Gasteiger partial charge in [-0.15, -0.1) is 0 Å². The van der Waals surface area contributed by atoms with E-state index in [9.17, 15) is 9.90 Å². The van der Waals surface area contributed by atoms with Crippen molar-refractivity contribution in [3.8, 4) is 5.75 Å². The van der Waals surface area contributed by atoms with Gasteiger partial charge in [-0.1, -0.05) is 12.1 Å². The summed E-state index contributed by atoms with van der Waals surface area (Å²) in [4.78, 5) is 17.4. The van der Waals surface area contributed by atoms with Gasteiger partial charge in [0.15, 0.2) is 0 Å². The number of H-pyrrole nitrogens is 1. The summed E-state index contributed by atoms with van der Waals surface area (Å²) in [5, 5.41) is 10.6. The molecule has 0 spiro atoms. The average Bonchev–Trinajstić information content (AvgIpc) is 3.32. The number of aryl methyl sites for hydroxylation is 1. The van der Waals surface area contributed by atoms with Gasteiger partial charge in [0, 0.05) is 47.9 Å². The maximum Gasteiger partial charge on any atom is 0.335 e. The molecule has 0 radical (unpaired) electrons. The molecule has 33 heavy (non-hydrogen) atoms. The normalized spacial score (nSPS) is 24.9. The maximum atomic E-state index is 11.4. The molecule has 0 amide bonds. The molecule has 6 nitrogen and oxygen atoms in total. The second kappa shape index (κ2) is 8.50. The van der Waals surface area contributed by atoms with Gasteiger partial charge in [-0.2, -0.15) is 0 Å². The molecule has 2 aromatic carbocycles. The molecule has 1 unspecified atom stereocenters. The predicted octanol–water partition coefficient (Wildman–Crippen LogP) is 5.10. The molecule has 2 saturated heterocycles. The van der Waals surface area contributed by atoms with Crippen LogP contribution >= 0.6 is 0 Å². The lowest BCUT2D eigenvalue weighted by Crippen LogP contribution is -2.60. The number of benzene rings is 2. The topological polar surface area (TPSA) is 74.8 Å². The van der Waals surface area contributed by atoms with Gasteiger partial charge < -0.3 is 19.6 Å². The minimum atomic E-state index is -0.894. The molecular weight excluding hydrogens is 416 g/mol. The van der Waals surface area contributed by atoms with E-state index in [1.807, 2.05) is 18.3 Å². The molecule has 3 heterocycles. The highest BCUT2D eigenvalue weighted by Gasteiger charge is 2.52. The minimum Gasteiger partial charge on any atom is -0.496 e. The van der Waals surface area contributed by atoms with Crippen LogP contribution in [0.2, 0.25) is 0 Å². The fourth-order valence-corrected chi connectivity index (χ4v) is 6.13. The van der Waals surface area contributed by atoms with Gasteiger partial charge in [0.2, 0.25) is 0 Å². The van der Waals surface area contributed by atoms with Gasteiger partial charge in [0.05, 0.1) is 18.8 Å². The van der Waals surface area contributed by atoms with Crippen molar-refractivity contribution >= 4 is 16.9 Å². The Morgan fingerprint density at radius 2 is 2.06 bits per heavy atom. The standard InChI is InChI=1S/C27H32N2O4/c1-4-33-24-14-27(20-7-5-18(6-8-20)26(30)31)11-9-19(24)15-29(27)16-22-21-10-12-28-25(21)17(2)13-23(22)32-3/h5-8,10,12-13,19,24,28H,4,9,11,14-16H2,1-3H3,(H,30,31)/t19?,24-,27-/m1/s1. The number of piperidine rings is 2. The van der Waals surface area contributed by atoms with E-state index in [1.54, 1.807) is 19.2 Å². The molecular formula is C27H32N2O4. The third kappa shape index (κ3) is 3.62. The third-order valence-electron chi connectivity index (χ3n) is 7.78. The zero-order valence-electron chi connectivity index (χ0n) is 19.6. The molecule has 6 heteroatoms. The lowest BCUT2D eigenvalue weighted by molar-refractivity contribution is -0.135. The largest absolute Gasteiger partial charge is 0.496 e. The second-order valence-electron chi connectivity index (χ2n) is 9.43. The smallest absolute Gasteiger partial charge is 0.335 e. The highest BCUT2D eigenvalue weighted by Crippen LogP contribution is 2.51. The molecule has 1 saturated carbocycles. The van der Waals surface area contributed by atoms with Crippen molar-refractivity contribution < 1.29 is 19.4 Å². The molecule has 1 aromatic heterocycles. The fourth-order valence-electron chi connectivity index (χ4n) is 6.13. The Kier molecular flexibility index (Phi) is 5.67. The lowest BCUT2D eigenvalue weighted by atomic mass is 9.65. The summed E-state index contributed by atoms with van der Waals surface area (Å²) in [6.45, 7) is 6.60. The summed E-state index contributed by atoms with van der Waals surface area (Å²) < 4.78 is 12.0. The van der Waals surface area contributed by atoms with E-state index < -0.39 is 5.97 Å². The van der Waals surface area contributed by atoms with Crippen LogP contribution in [-0.4, -0.2) is 47.3 Å². The number of carboxylic acids is 1. The zero-order valence-corrected chi connectivity index (χ0v) is 19.6. The van der Waals surface area contributed by atoms with E-state index in [2.05, 4.69) is 35.9 Å². The van der Waals surface area contributed by atoms with Crippen LogP contribution in [0.15, 0.2) is 42.6 Å². The van der Waals surface area contributed by atoms with Gasteiger partial charge >= 0.3 is 5.97 Å². The van der Waals surface area contributed by atoms with E-state index in [4.69, 9.17) is 9.47 Å². The van der Waals surface area contributed by atoms with Gasteiger partial charge in [-0.25, -0.2) is 4.79 Å². The number of aromatic amines is 1. The number of carboxylic acid groups (broad SMARTS) is 1. The van der Waals surface area contributed by atoms with Crippen molar-refractivity contribution in [3.05, 3.63) is 64.8 Å². The van der Waals surface area contributed by atoms with E-state index >= 15 is 0 Å². The molecule has 3 atom stereocenters. The molecule has 1 aliphatic carbocycles. The highest BCUT2D eigenvalue weighted by molar-refractivity contribution is 5.88. The van der Waals surface area contributed by atoms with Crippen LogP contribution < -0.4 is 4.74 Å². The molecule has 3 fully saturated rings. The highest BCUT2D eigenvalue weighted by atomic mass is 16.5. The number of nitrogens with one attached hydrogen (secondary N) is 1. The zero-order chi connectivity index (χ0) is 23.2. The molecule has 2 aliphatic heterocycles. The van der Waals surface area contributed by atoms with Gasteiger partial charge in [0.1, 0.15) is 5.75 Å². The number of hydrogen-bond donors (Lipinski definition) is 2. The van der Waals surface area contributed by atoms with Gasteiger partial charge in [-0.05, 0) is 74.4 Å². The number of aromatic nitrogens is 1. The van der Waals surface area contributed by atoms with E-state index in [1.165, 1.54) is 22.1 Å². The first-order valence-electron chi connectivity index (χ1n) is 11.8. The number of hydrogen-bond acceptors (Lipinski definition) is 4. The molecule has 3 aromatic rings. The fraction of sp³-hybridized carbons (Fsp3) is 0.444. The Bertz CT molecular complexity index is 1170.